The smallest absolute Gasteiger partial charge is 0.239 e. The van der Waals surface area contributed by atoms with Crippen LogP contribution < -0.4 is 5.73 Å². The summed E-state index contributed by atoms with van der Waals surface area (Å²) in [6, 6.07) is 17.5. The molecule has 0 spiro atoms. The molecule has 3 rings (SSSR count). The van der Waals surface area contributed by atoms with E-state index in [1.165, 1.54) is 0 Å². The lowest BCUT2D eigenvalue weighted by Gasteiger charge is -2.22. The van der Waals surface area contributed by atoms with Gasteiger partial charge >= 0.3 is 0 Å². The predicted octanol–water partition coefficient (Wildman–Crippen LogP) is 3.33. The van der Waals surface area contributed by atoms with E-state index in [0.717, 1.165) is 33.8 Å². The first kappa shape index (κ1) is 19.8. The quantitative estimate of drug-likeness (QED) is 0.718. The molecule has 0 aliphatic heterocycles. The lowest BCUT2D eigenvalue weighted by Crippen LogP contribution is -2.42. The molecule has 5 heteroatoms. The molecule has 0 unspecified atom stereocenters. The molecule has 3 aromatic rings. The predicted molar refractivity (Wildman–Crippen MR) is 112 cm³/mol. The van der Waals surface area contributed by atoms with Gasteiger partial charge in [0.1, 0.15) is 0 Å². The van der Waals surface area contributed by atoms with Crippen LogP contribution >= 0.6 is 0 Å². The van der Waals surface area contributed by atoms with Gasteiger partial charge in [0.25, 0.3) is 0 Å². The van der Waals surface area contributed by atoms with Crippen molar-refractivity contribution in [3.8, 4) is 5.69 Å². The van der Waals surface area contributed by atoms with E-state index in [1.54, 1.807) is 11.9 Å². The molecule has 0 fully saturated rings. The number of nitrogens with zero attached hydrogens (tertiary/aromatic N) is 3. The number of amides is 1. The fourth-order valence-electron chi connectivity index (χ4n) is 3.49. The van der Waals surface area contributed by atoms with Gasteiger partial charge in [0, 0.05) is 24.8 Å². The molecule has 1 amide bonds. The van der Waals surface area contributed by atoms with E-state index < -0.39 is 6.04 Å². The highest BCUT2D eigenvalue weighted by Crippen LogP contribution is 2.21. The fraction of sp³-hybridized carbons (Fsp3) is 0.304. The van der Waals surface area contributed by atoms with Crippen LogP contribution in [0.15, 0.2) is 54.6 Å². The number of benzene rings is 2. The Bertz CT molecular complexity index is 962. The van der Waals surface area contributed by atoms with Crippen LogP contribution in [-0.2, 0) is 17.8 Å². The van der Waals surface area contributed by atoms with Crippen LogP contribution in [0.3, 0.4) is 0 Å². The number of aryl methyl sites for hydroxylation is 2. The number of carbonyl (C=O) groups excluding carboxylic acids is 1. The Balaban J connectivity index is 1.76. The number of hydrogen-bond acceptors (Lipinski definition) is 3. The molecule has 28 heavy (non-hydrogen) atoms. The van der Waals surface area contributed by atoms with E-state index in [4.69, 9.17) is 10.8 Å². The largest absolute Gasteiger partial charge is 0.340 e. The van der Waals surface area contributed by atoms with Gasteiger partial charge in [0.15, 0.2) is 0 Å². The summed E-state index contributed by atoms with van der Waals surface area (Å²) in [5.41, 5.74) is 12.5. The van der Waals surface area contributed by atoms with E-state index in [1.807, 2.05) is 61.0 Å². The van der Waals surface area contributed by atoms with Crippen molar-refractivity contribution in [2.24, 2.45) is 5.73 Å². The normalized spacial score (nSPS) is 12.0. The van der Waals surface area contributed by atoms with Crippen molar-refractivity contribution in [3.63, 3.8) is 0 Å². The Morgan fingerprint density at radius 1 is 1.07 bits per heavy atom. The van der Waals surface area contributed by atoms with Gasteiger partial charge in [-0.15, -0.1) is 0 Å². The standard InChI is InChI=1S/C23H28N4O/c1-16-10-8-9-13-22(16)27-18(3)20(17(2)25-27)15-26(4)23(28)21(24)14-19-11-6-5-7-12-19/h5-13,21H,14-15,24H2,1-4H3/t21-/m0/s1. The third-order valence-corrected chi connectivity index (χ3v) is 5.17. The number of rotatable bonds is 6. The Kier molecular flexibility index (Phi) is 5.95. The molecule has 146 valence electrons. The maximum absolute atomic E-state index is 12.8. The molecule has 1 atom stereocenters. The number of nitrogens with two attached hydrogens (primary N) is 1. The average molecular weight is 377 g/mol. The Morgan fingerprint density at radius 2 is 1.71 bits per heavy atom. The Morgan fingerprint density at radius 3 is 2.39 bits per heavy atom. The van der Waals surface area contributed by atoms with Crippen LogP contribution in [0.4, 0.5) is 0 Å². The summed E-state index contributed by atoms with van der Waals surface area (Å²) in [6.07, 6.45) is 0.532. The minimum atomic E-state index is -0.556. The zero-order valence-electron chi connectivity index (χ0n) is 17.0. The van der Waals surface area contributed by atoms with Gasteiger partial charge in [-0.1, -0.05) is 48.5 Å². The Hall–Kier alpha value is -2.92. The maximum atomic E-state index is 12.8. The van der Waals surface area contributed by atoms with Gasteiger partial charge in [-0.2, -0.15) is 5.10 Å². The first-order chi connectivity index (χ1) is 13.4. The highest BCUT2D eigenvalue weighted by molar-refractivity contribution is 5.81. The molecule has 1 heterocycles. The number of hydrogen-bond donors (Lipinski definition) is 1. The molecular formula is C23H28N4O. The van der Waals surface area contributed by atoms with Crippen LogP contribution in [0, 0.1) is 20.8 Å². The number of carbonyl (C=O) groups is 1. The second-order valence-corrected chi connectivity index (χ2v) is 7.34. The van der Waals surface area contributed by atoms with Crippen molar-refractivity contribution in [3.05, 3.63) is 82.7 Å². The molecule has 0 aliphatic carbocycles. The van der Waals surface area contributed by atoms with Gasteiger partial charge in [-0.3, -0.25) is 4.79 Å². The number of likely N-dealkylation sites (N-methyl/N-ethyl adjacent to an activating group) is 1. The zero-order valence-corrected chi connectivity index (χ0v) is 17.0. The van der Waals surface area contributed by atoms with Crippen molar-refractivity contribution in [2.75, 3.05) is 7.05 Å². The second kappa shape index (κ2) is 8.40. The summed E-state index contributed by atoms with van der Waals surface area (Å²) in [6.45, 7) is 6.60. The van der Waals surface area contributed by atoms with Crippen molar-refractivity contribution in [1.29, 1.82) is 0 Å². The van der Waals surface area contributed by atoms with Gasteiger partial charge in [0.05, 0.1) is 17.4 Å². The molecule has 0 saturated carbocycles. The van der Waals surface area contributed by atoms with E-state index >= 15 is 0 Å². The minimum Gasteiger partial charge on any atom is -0.340 e. The van der Waals surface area contributed by atoms with Crippen LogP contribution in [0.2, 0.25) is 0 Å². The molecule has 5 nitrogen and oxygen atoms in total. The number of para-hydroxylation sites is 1. The van der Waals surface area contributed by atoms with Crippen LogP contribution in [-0.4, -0.2) is 33.7 Å². The lowest BCUT2D eigenvalue weighted by molar-refractivity contribution is -0.131. The summed E-state index contributed by atoms with van der Waals surface area (Å²) in [5.74, 6) is -0.0636. The van der Waals surface area contributed by atoms with Gasteiger partial charge in [-0.25, -0.2) is 4.68 Å². The van der Waals surface area contributed by atoms with E-state index in [-0.39, 0.29) is 5.91 Å². The fourth-order valence-corrected chi connectivity index (χ4v) is 3.49. The van der Waals surface area contributed by atoms with Crippen molar-refractivity contribution < 1.29 is 4.79 Å². The molecule has 0 bridgehead atoms. The first-order valence-corrected chi connectivity index (χ1v) is 9.54. The monoisotopic (exact) mass is 376 g/mol. The third kappa shape index (κ3) is 4.15. The number of aromatic nitrogens is 2. The average Bonchev–Trinajstić information content (AvgIpc) is 2.96. The van der Waals surface area contributed by atoms with E-state index in [9.17, 15) is 4.79 Å². The van der Waals surface area contributed by atoms with Gasteiger partial charge in [-0.05, 0) is 44.4 Å². The van der Waals surface area contributed by atoms with Crippen LogP contribution in [0.5, 0.6) is 0 Å². The maximum Gasteiger partial charge on any atom is 0.239 e. The van der Waals surface area contributed by atoms with Crippen LogP contribution in [0.1, 0.15) is 28.1 Å². The summed E-state index contributed by atoms with van der Waals surface area (Å²) in [5, 5.41) is 4.71. The minimum absolute atomic E-state index is 0.0636. The van der Waals surface area contributed by atoms with Crippen molar-refractivity contribution >= 4 is 5.91 Å². The summed E-state index contributed by atoms with van der Waals surface area (Å²) in [7, 11) is 1.80. The SMILES string of the molecule is Cc1ccccc1-n1nc(C)c(CN(C)C(=O)[C@@H](N)Cc2ccccc2)c1C. The Labute approximate surface area is 166 Å². The molecule has 0 aliphatic rings. The molecule has 1 aromatic heterocycles. The molecule has 2 N–H and O–H groups in total. The molecule has 2 aromatic carbocycles. The summed E-state index contributed by atoms with van der Waals surface area (Å²) in [4.78, 5) is 14.5. The highest BCUT2D eigenvalue weighted by atomic mass is 16.2. The van der Waals surface area contributed by atoms with Gasteiger partial charge in [0.2, 0.25) is 5.91 Å². The van der Waals surface area contributed by atoms with Crippen LogP contribution in [0.25, 0.3) is 5.69 Å². The third-order valence-electron chi connectivity index (χ3n) is 5.17. The van der Waals surface area contributed by atoms with E-state index in [0.29, 0.717) is 13.0 Å². The van der Waals surface area contributed by atoms with E-state index in [2.05, 4.69) is 19.1 Å². The summed E-state index contributed by atoms with van der Waals surface area (Å²) >= 11 is 0. The lowest BCUT2D eigenvalue weighted by atomic mass is 10.1. The first-order valence-electron chi connectivity index (χ1n) is 9.54. The molecular weight excluding hydrogens is 348 g/mol. The highest BCUT2D eigenvalue weighted by Gasteiger charge is 2.22. The van der Waals surface area contributed by atoms with Gasteiger partial charge < -0.3 is 10.6 Å². The molecule has 0 saturated heterocycles. The second-order valence-electron chi connectivity index (χ2n) is 7.34. The topological polar surface area (TPSA) is 64.2 Å². The zero-order chi connectivity index (χ0) is 20.3. The summed E-state index contributed by atoms with van der Waals surface area (Å²) < 4.78 is 1.96. The van der Waals surface area contributed by atoms with Crippen molar-refractivity contribution in [1.82, 2.24) is 14.7 Å². The molecule has 0 radical (unpaired) electrons. The van der Waals surface area contributed by atoms with Crippen molar-refractivity contribution in [2.45, 2.75) is 39.8 Å².